The van der Waals surface area contributed by atoms with Crippen LogP contribution in [0.2, 0.25) is 0 Å². The van der Waals surface area contributed by atoms with Gasteiger partial charge in [0.25, 0.3) is 5.91 Å². The molecule has 0 saturated carbocycles. The Morgan fingerprint density at radius 2 is 1.90 bits per heavy atom. The smallest absolute Gasteiger partial charge is 0.338 e. The molecule has 1 saturated heterocycles. The van der Waals surface area contributed by atoms with Crippen LogP contribution in [0.3, 0.4) is 0 Å². The van der Waals surface area contributed by atoms with Crippen molar-refractivity contribution in [2.75, 3.05) is 13.2 Å². The summed E-state index contributed by atoms with van der Waals surface area (Å²) in [6, 6.07) is 15.1. The molecule has 0 aliphatic carbocycles. The van der Waals surface area contributed by atoms with Crippen molar-refractivity contribution >= 4 is 22.9 Å². The highest BCUT2D eigenvalue weighted by Crippen LogP contribution is 2.17. The summed E-state index contributed by atoms with van der Waals surface area (Å²) < 4.78 is 7.06. The zero-order valence-corrected chi connectivity index (χ0v) is 16.5. The van der Waals surface area contributed by atoms with Crippen LogP contribution in [-0.2, 0) is 16.1 Å². The molecule has 150 valence electrons. The van der Waals surface area contributed by atoms with Crippen LogP contribution in [0.5, 0.6) is 0 Å². The summed E-state index contributed by atoms with van der Waals surface area (Å²) in [5.41, 5.74) is 3.23. The summed E-state index contributed by atoms with van der Waals surface area (Å²) in [4.78, 5) is 26.4. The van der Waals surface area contributed by atoms with Crippen molar-refractivity contribution in [2.24, 2.45) is 0 Å². The van der Waals surface area contributed by atoms with E-state index in [1.54, 1.807) is 12.1 Å². The molecule has 1 aliphatic rings. The Kier molecular flexibility index (Phi) is 5.55. The van der Waals surface area contributed by atoms with Gasteiger partial charge in [0.1, 0.15) is 5.52 Å². The number of para-hydroxylation sites is 1. The minimum absolute atomic E-state index is 0.125. The van der Waals surface area contributed by atoms with Crippen molar-refractivity contribution in [1.82, 2.24) is 19.9 Å². The second-order valence-electron chi connectivity index (χ2n) is 7.44. The summed E-state index contributed by atoms with van der Waals surface area (Å²) in [6.45, 7) is 3.12. The first-order valence-corrected chi connectivity index (χ1v) is 9.95. The van der Waals surface area contributed by atoms with Crippen molar-refractivity contribution in [3.8, 4) is 0 Å². The van der Waals surface area contributed by atoms with Crippen molar-refractivity contribution < 1.29 is 14.3 Å². The molecule has 1 atom stereocenters. The number of hydrogen-bond acceptors (Lipinski definition) is 5. The third-order valence-corrected chi connectivity index (χ3v) is 5.39. The van der Waals surface area contributed by atoms with Crippen molar-refractivity contribution in [2.45, 2.75) is 38.8 Å². The fourth-order valence-electron chi connectivity index (χ4n) is 3.72. The van der Waals surface area contributed by atoms with Gasteiger partial charge in [0.05, 0.1) is 17.6 Å². The third-order valence-electron chi connectivity index (χ3n) is 5.39. The topological polar surface area (TPSA) is 77.3 Å². The maximum absolute atomic E-state index is 12.3. The fraction of sp³-hybridized carbons (Fsp3) is 0.364. The second-order valence-corrected chi connectivity index (χ2v) is 7.44. The predicted octanol–water partition coefficient (Wildman–Crippen LogP) is 3.04. The van der Waals surface area contributed by atoms with E-state index in [9.17, 15) is 9.59 Å². The molecule has 0 bridgehead atoms. The standard InChI is InChI=1S/C22H24N4O3/c1-16-6-4-5-13-25(16)21(27)15-29-22(28)18-11-9-17(10-12-18)14-26-20-8-3-2-7-19(20)23-24-26/h2-3,7-12,16H,4-6,13-15H2,1H3/t16-/m0/s1. The van der Waals surface area contributed by atoms with Gasteiger partial charge in [0.15, 0.2) is 6.61 Å². The number of likely N-dealkylation sites (tertiary alicyclic amines) is 1. The Morgan fingerprint density at radius 3 is 2.69 bits per heavy atom. The Bertz CT molecular complexity index is 1010. The van der Waals surface area contributed by atoms with Crippen LogP contribution in [0.15, 0.2) is 48.5 Å². The van der Waals surface area contributed by atoms with Gasteiger partial charge in [-0.2, -0.15) is 0 Å². The average molecular weight is 392 g/mol. The van der Waals surface area contributed by atoms with E-state index in [0.29, 0.717) is 12.1 Å². The van der Waals surface area contributed by atoms with E-state index in [1.807, 2.05) is 52.9 Å². The first kappa shape index (κ1) is 19.1. The molecule has 1 fully saturated rings. The molecule has 0 unspecified atom stereocenters. The Labute approximate surface area is 169 Å². The highest BCUT2D eigenvalue weighted by Gasteiger charge is 2.24. The van der Waals surface area contributed by atoms with Crippen molar-refractivity contribution in [3.63, 3.8) is 0 Å². The highest BCUT2D eigenvalue weighted by atomic mass is 16.5. The lowest BCUT2D eigenvalue weighted by molar-refractivity contribution is -0.137. The SMILES string of the molecule is C[C@H]1CCCCN1C(=O)COC(=O)c1ccc(Cn2nnc3ccccc32)cc1. The quantitative estimate of drug-likeness (QED) is 0.624. The summed E-state index contributed by atoms with van der Waals surface area (Å²) in [5.74, 6) is -0.610. The summed E-state index contributed by atoms with van der Waals surface area (Å²) in [7, 11) is 0. The van der Waals surface area contributed by atoms with E-state index in [1.165, 1.54) is 0 Å². The van der Waals surface area contributed by atoms with Crippen molar-refractivity contribution in [1.29, 1.82) is 0 Å². The van der Waals surface area contributed by atoms with Gasteiger partial charge in [-0.3, -0.25) is 4.79 Å². The molecule has 2 aromatic carbocycles. The van der Waals surface area contributed by atoms with Gasteiger partial charge in [-0.05, 0) is 56.0 Å². The van der Waals surface area contributed by atoms with Gasteiger partial charge in [-0.1, -0.05) is 29.5 Å². The summed E-state index contributed by atoms with van der Waals surface area (Å²) in [6.07, 6.45) is 3.15. The van der Waals surface area contributed by atoms with Crippen LogP contribution in [0.4, 0.5) is 0 Å². The molecule has 7 nitrogen and oxygen atoms in total. The van der Waals surface area contributed by atoms with Crippen LogP contribution in [-0.4, -0.2) is 51.0 Å². The van der Waals surface area contributed by atoms with E-state index in [2.05, 4.69) is 10.3 Å². The van der Waals surface area contributed by atoms with Gasteiger partial charge < -0.3 is 9.64 Å². The number of carbonyl (C=O) groups is 2. The number of amides is 1. The van der Waals surface area contributed by atoms with Crippen molar-refractivity contribution in [3.05, 3.63) is 59.7 Å². The van der Waals surface area contributed by atoms with Gasteiger partial charge in [-0.25, -0.2) is 9.48 Å². The number of benzene rings is 2. The first-order valence-electron chi connectivity index (χ1n) is 9.95. The molecular weight excluding hydrogens is 368 g/mol. The van der Waals surface area contributed by atoms with Gasteiger partial charge in [0.2, 0.25) is 0 Å². The summed E-state index contributed by atoms with van der Waals surface area (Å²) in [5, 5.41) is 8.33. The Morgan fingerprint density at radius 1 is 1.10 bits per heavy atom. The van der Waals surface area contributed by atoms with E-state index < -0.39 is 5.97 Å². The van der Waals surface area contributed by atoms with E-state index in [0.717, 1.165) is 42.4 Å². The maximum Gasteiger partial charge on any atom is 0.338 e. The fourth-order valence-corrected chi connectivity index (χ4v) is 3.72. The molecule has 2 heterocycles. The predicted molar refractivity (Wildman–Crippen MR) is 108 cm³/mol. The van der Waals surface area contributed by atoms with Crippen LogP contribution in [0.1, 0.15) is 42.1 Å². The van der Waals surface area contributed by atoms with Crippen LogP contribution >= 0.6 is 0 Å². The number of esters is 1. The molecule has 29 heavy (non-hydrogen) atoms. The molecular formula is C22H24N4O3. The van der Waals surface area contributed by atoms with Crippen LogP contribution < -0.4 is 0 Å². The van der Waals surface area contributed by atoms with Crippen LogP contribution in [0.25, 0.3) is 11.0 Å². The molecule has 1 amide bonds. The summed E-state index contributed by atoms with van der Waals surface area (Å²) >= 11 is 0. The number of piperidine rings is 1. The minimum atomic E-state index is -0.485. The highest BCUT2D eigenvalue weighted by molar-refractivity contribution is 5.91. The molecule has 4 rings (SSSR count). The first-order chi connectivity index (χ1) is 14.1. The number of nitrogens with zero attached hydrogens (tertiary/aromatic N) is 4. The second kappa shape index (κ2) is 8.43. The number of hydrogen-bond donors (Lipinski definition) is 0. The molecule has 0 spiro atoms. The lowest BCUT2D eigenvalue weighted by Crippen LogP contribution is -2.44. The molecule has 7 heteroatoms. The van der Waals surface area contributed by atoms with Crippen LogP contribution in [0, 0.1) is 0 Å². The lowest BCUT2D eigenvalue weighted by atomic mass is 10.0. The zero-order valence-electron chi connectivity index (χ0n) is 16.5. The average Bonchev–Trinajstić information content (AvgIpc) is 3.15. The molecule has 1 aromatic heterocycles. The number of rotatable bonds is 5. The van der Waals surface area contributed by atoms with Gasteiger partial charge in [-0.15, -0.1) is 5.10 Å². The zero-order chi connectivity index (χ0) is 20.2. The van der Waals surface area contributed by atoms with E-state index in [4.69, 9.17) is 4.74 Å². The van der Waals surface area contributed by atoms with Gasteiger partial charge in [0, 0.05) is 12.6 Å². The maximum atomic E-state index is 12.3. The normalized spacial score (nSPS) is 16.7. The monoisotopic (exact) mass is 392 g/mol. The Balaban J connectivity index is 1.35. The number of fused-ring (bicyclic) bond motifs is 1. The third kappa shape index (κ3) is 4.29. The largest absolute Gasteiger partial charge is 0.452 e. The minimum Gasteiger partial charge on any atom is -0.452 e. The van der Waals surface area contributed by atoms with E-state index in [-0.39, 0.29) is 18.6 Å². The Hall–Kier alpha value is -3.22. The lowest BCUT2D eigenvalue weighted by Gasteiger charge is -2.33. The molecule has 0 radical (unpaired) electrons. The molecule has 0 N–H and O–H groups in total. The number of aromatic nitrogens is 3. The van der Waals surface area contributed by atoms with E-state index >= 15 is 0 Å². The van der Waals surface area contributed by atoms with Gasteiger partial charge >= 0.3 is 5.97 Å². The number of carbonyl (C=O) groups excluding carboxylic acids is 2. The molecule has 1 aliphatic heterocycles. The number of ether oxygens (including phenoxy) is 1. The molecule has 3 aromatic rings.